The van der Waals surface area contributed by atoms with Gasteiger partial charge in [-0.05, 0) is 56.5 Å². The molecule has 0 saturated heterocycles. The Hall–Kier alpha value is -3.62. The van der Waals surface area contributed by atoms with Gasteiger partial charge in [-0.25, -0.2) is 22.3 Å². The molecule has 0 spiro atoms. The van der Waals surface area contributed by atoms with Gasteiger partial charge in [0.15, 0.2) is 0 Å². The predicted molar refractivity (Wildman–Crippen MR) is 211 cm³/mol. The van der Waals surface area contributed by atoms with E-state index in [9.17, 15) is 31.5 Å². The maximum Gasteiger partial charge on any atom is 0.324 e. The minimum atomic E-state index is -4.58. The highest BCUT2D eigenvalue weighted by molar-refractivity contribution is 7.89. The highest BCUT2D eigenvalue weighted by Gasteiger charge is 2.50. The largest absolute Gasteiger partial charge is 0.480 e. The first kappa shape index (κ1) is 44.8. The van der Waals surface area contributed by atoms with Crippen molar-refractivity contribution in [2.75, 3.05) is 13.1 Å². The van der Waals surface area contributed by atoms with Crippen molar-refractivity contribution >= 4 is 31.9 Å². The third kappa shape index (κ3) is 13.3. The van der Waals surface area contributed by atoms with E-state index in [1.165, 1.54) is 24.3 Å². The number of sulfonamides is 2. The summed E-state index contributed by atoms with van der Waals surface area (Å²) in [5, 5.41) is 11.0. The molecule has 2 N–H and O–H groups in total. The van der Waals surface area contributed by atoms with E-state index in [4.69, 9.17) is 4.84 Å². The second kappa shape index (κ2) is 22.7. The van der Waals surface area contributed by atoms with Crippen molar-refractivity contribution in [1.82, 2.24) is 14.1 Å². The lowest BCUT2D eigenvalue weighted by Gasteiger charge is -2.38. The molecule has 3 aromatic rings. The lowest BCUT2D eigenvalue weighted by Crippen LogP contribution is -2.63. The smallest absolute Gasteiger partial charge is 0.324 e. The Kier molecular flexibility index (Phi) is 18.8. The molecule has 0 aliphatic rings. The summed E-state index contributed by atoms with van der Waals surface area (Å²) < 4.78 is 60.1. The van der Waals surface area contributed by atoms with Gasteiger partial charge in [0.1, 0.15) is 12.1 Å². The predicted octanol–water partition coefficient (Wildman–Crippen LogP) is 7.78. The van der Waals surface area contributed by atoms with Gasteiger partial charge in [-0.15, -0.1) is 0 Å². The fourth-order valence-corrected chi connectivity index (χ4v) is 9.53. The number of unbranched alkanes of at least 4 members (excludes halogenated alkanes) is 10. The van der Waals surface area contributed by atoms with Crippen LogP contribution in [0.1, 0.15) is 108 Å². The second-order valence-corrected chi connectivity index (χ2v) is 17.6. The number of hydrogen-bond acceptors (Lipinski definition) is 7. The van der Waals surface area contributed by atoms with E-state index < -0.39 is 44.0 Å². The van der Waals surface area contributed by atoms with Crippen LogP contribution in [-0.2, 0) is 41.1 Å². The van der Waals surface area contributed by atoms with Gasteiger partial charge < -0.3 is 5.11 Å². The number of aliphatic carboxylic acids is 1. The molecule has 0 fully saturated rings. The normalized spacial score (nSPS) is 13.2. The lowest BCUT2D eigenvalue weighted by atomic mass is 10.1. The van der Waals surface area contributed by atoms with Crippen molar-refractivity contribution in [2.45, 2.75) is 133 Å². The van der Waals surface area contributed by atoms with Crippen LogP contribution in [0.5, 0.6) is 0 Å². The second-order valence-electron chi connectivity index (χ2n) is 13.9. The van der Waals surface area contributed by atoms with Crippen LogP contribution in [0.25, 0.3) is 0 Å². The average molecular weight is 786 g/mol. The highest BCUT2D eigenvalue weighted by Crippen LogP contribution is 2.29. The van der Waals surface area contributed by atoms with Gasteiger partial charge in [0, 0.05) is 13.1 Å². The van der Waals surface area contributed by atoms with Gasteiger partial charge in [0.05, 0.1) is 16.4 Å². The van der Waals surface area contributed by atoms with E-state index in [1.54, 1.807) is 62.4 Å². The molecule has 11 nitrogen and oxygen atoms in total. The Morgan fingerprint density at radius 1 is 0.611 bits per heavy atom. The van der Waals surface area contributed by atoms with Crippen LogP contribution >= 0.6 is 0 Å². The van der Waals surface area contributed by atoms with Crippen LogP contribution in [0.3, 0.4) is 0 Å². The summed E-state index contributed by atoms with van der Waals surface area (Å²) in [6.45, 7) is 7.22. The van der Waals surface area contributed by atoms with Gasteiger partial charge in [-0.1, -0.05) is 144 Å². The van der Waals surface area contributed by atoms with Crippen LogP contribution in [0, 0.1) is 13.8 Å². The number of hydroxylamine groups is 1. The van der Waals surface area contributed by atoms with E-state index in [-0.39, 0.29) is 29.5 Å². The SMILES string of the molecule is CCCCCCCCN(C(C(=O)O)C(C(=O)NOCc1ccccc1)N(CCCCCCCC)S(=O)(=O)c1ccc(C)cc1)S(=O)(=O)c1ccc(C)cc1. The fourth-order valence-electron chi connectivity index (χ4n) is 6.28. The molecule has 0 aromatic heterocycles. The van der Waals surface area contributed by atoms with E-state index in [1.807, 2.05) is 6.07 Å². The van der Waals surface area contributed by atoms with Crippen LogP contribution in [0.4, 0.5) is 0 Å². The number of hydrogen-bond donors (Lipinski definition) is 2. The number of carbonyl (C=O) groups excluding carboxylic acids is 1. The third-order valence-electron chi connectivity index (χ3n) is 9.41. The summed E-state index contributed by atoms with van der Waals surface area (Å²) in [5.74, 6) is -2.75. The monoisotopic (exact) mass is 785 g/mol. The Labute approximate surface area is 323 Å². The Balaban J connectivity index is 2.20. The number of carbonyl (C=O) groups is 2. The topological polar surface area (TPSA) is 150 Å². The van der Waals surface area contributed by atoms with E-state index in [2.05, 4.69) is 19.3 Å². The summed E-state index contributed by atoms with van der Waals surface area (Å²) in [6.07, 6.45) is 9.43. The molecule has 13 heteroatoms. The Morgan fingerprint density at radius 3 is 1.44 bits per heavy atom. The molecular weight excluding hydrogens is 727 g/mol. The van der Waals surface area contributed by atoms with E-state index in [0.29, 0.717) is 31.2 Å². The number of nitrogens with zero attached hydrogens (tertiary/aromatic N) is 2. The minimum Gasteiger partial charge on any atom is -0.480 e. The molecule has 0 bridgehead atoms. The zero-order chi connectivity index (χ0) is 39.6. The maximum atomic E-state index is 14.7. The van der Waals surface area contributed by atoms with Crippen molar-refractivity contribution in [1.29, 1.82) is 0 Å². The number of nitrogens with one attached hydrogen (secondary N) is 1. The number of carboxylic acids is 1. The zero-order valence-corrected chi connectivity index (χ0v) is 33.9. The summed E-state index contributed by atoms with van der Waals surface area (Å²) >= 11 is 0. The first-order valence-corrected chi connectivity index (χ1v) is 22.1. The van der Waals surface area contributed by atoms with Gasteiger partial charge in [0.25, 0.3) is 5.91 Å². The first-order valence-electron chi connectivity index (χ1n) is 19.2. The summed E-state index contributed by atoms with van der Waals surface area (Å²) in [4.78, 5) is 33.3. The minimum absolute atomic E-state index is 0.0949. The number of carboxylic acid groups (broad SMARTS) is 1. The van der Waals surface area contributed by atoms with Gasteiger partial charge >= 0.3 is 5.97 Å². The van der Waals surface area contributed by atoms with E-state index in [0.717, 1.165) is 71.1 Å². The summed E-state index contributed by atoms with van der Waals surface area (Å²) in [7, 11) is -9.14. The molecule has 54 heavy (non-hydrogen) atoms. The van der Waals surface area contributed by atoms with Crippen molar-refractivity contribution in [3.8, 4) is 0 Å². The molecule has 298 valence electrons. The van der Waals surface area contributed by atoms with Crippen LogP contribution in [0.15, 0.2) is 88.7 Å². The Bertz CT molecular complexity index is 1790. The molecule has 2 atom stereocenters. The fraction of sp³-hybridized carbons (Fsp3) is 0.512. The molecule has 0 radical (unpaired) electrons. The zero-order valence-electron chi connectivity index (χ0n) is 32.3. The third-order valence-corrected chi connectivity index (χ3v) is 13.2. The van der Waals surface area contributed by atoms with Crippen LogP contribution in [-0.4, -0.2) is 67.6 Å². The number of aryl methyl sites for hydroxylation is 2. The van der Waals surface area contributed by atoms with Crippen LogP contribution in [0.2, 0.25) is 0 Å². The van der Waals surface area contributed by atoms with E-state index >= 15 is 0 Å². The van der Waals surface area contributed by atoms with Crippen molar-refractivity contribution in [3.05, 3.63) is 95.6 Å². The van der Waals surface area contributed by atoms with Gasteiger partial charge in [0.2, 0.25) is 20.0 Å². The quantitative estimate of drug-likeness (QED) is 0.0619. The molecule has 2 unspecified atom stereocenters. The molecule has 0 aliphatic carbocycles. The standard InChI is InChI=1S/C41H59N3O8S2/c1-5-7-9-11-13-18-30-43(53(48,49)36-26-22-33(3)23-27-36)38(40(45)42-52-32-35-20-16-15-17-21-35)39(41(46)47)44(31-19-14-12-10-8-6-2)54(50,51)37-28-24-34(4)25-29-37/h15-17,20-29,38-39H,5-14,18-19,30-32H2,1-4H3,(H,42,45)(H,46,47). The average Bonchev–Trinajstić information content (AvgIpc) is 3.14. The lowest BCUT2D eigenvalue weighted by molar-refractivity contribution is -0.151. The number of rotatable bonds is 26. The molecular formula is C41H59N3O8S2. The van der Waals surface area contributed by atoms with Crippen LogP contribution < -0.4 is 5.48 Å². The highest BCUT2D eigenvalue weighted by atomic mass is 32.2. The molecule has 3 rings (SSSR count). The summed E-state index contributed by atoms with van der Waals surface area (Å²) in [5.41, 5.74) is 4.62. The van der Waals surface area contributed by atoms with Gasteiger partial charge in [-0.3, -0.25) is 14.4 Å². The number of benzene rings is 3. The van der Waals surface area contributed by atoms with Crippen molar-refractivity contribution < 1.29 is 36.4 Å². The molecule has 0 saturated carbocycles. The molecule has 1 amide bonds. The molecule has 0 heterocycles. The Morgan fingerprint density at radius 2 is 1.02 bits per heavy atom. The summed E-state index contributed by atoms with van der Waals surface area (Å²) in [6, 6.07) is 16.8. The maximum absolute atomic E-state index is 14.7. The van der Waals surface area contributed by atoms with Crippen molar-refractivity contribution in [3.63, 3.8) is 0 Å². The molecule has 0 aliphatic heterocycles. The molecule has 3 aromatic carbocycles. The number of amides is 1. The van der Waals surface area contributed by atoms with Crippen molar-refractivity contribution in [2.24, 2.45) is 0 Å². The van der Waals surface area contributed by atoms with Gasteiger partial charge in [-0.2, -0.15) is 8.61 Å². The first-order chi connectivity index (χ1) is 25.8.